The molecule has 1 N–H and O–H groups in total. The molecular weight excluding hydrogens is 244 g/mol. The highest BCUT2D eigenvalue weighted by Gasteiger charge is 2.28. The molecule has 1 unspecified atom stereocenters. The van der Waals surface area contributed by atoms with Crippen molar-refractivity contribution in [2.75, 3.05) is 13.6 Å². The van der Waals surface area contributed by atoms with Crippen LogP contribution in [0.1, 0.15) is 52.4 Å². The molecule has 1 saturated carbocycles. The summed E-state index contributed by atoms with van der Waals surface area (Å²) < 4.78 is 0. The van der Waals surface area contributed by atoms with Crippen molar-refractivity contribution in [3.05, 3.63) is 0 Å². The van der Waals surface area contributed by atoms with Gasteiger partial charge < -0.3 is 14.9 Å². The fourth-order valence-electron chi connectivity index (χ4n) is 2.83. The van der Waals surface area contributed by atoms with Gasteiger partial charge in [0, 0.05) is 25.7 Å². The molecule has 1 aliphatic rings. The Bertz CT molecular complexity index is 314. The molecule has 5 heteroatoms. The van der Waals surface area contributed by atoms with E-state index in [1.807, 2.05) is 14.0 Å². The van der Waals surface area contributed by atoms with Crippen molar-refractivity contribution < 1.29 is 14.7 Å². The third-order valence-electron chi connectivity index (χ3n) is 4.01. The van der Waals surface area contributed by atoms with Crippen LogP contribution in [0.2, 0.25) is 0 Å². The monoisotopic (exact) mass is 270 g/mol. The molecule has 1 atom stereocenters. The minimum atomic E-state index is -0.862. The van der Waals surface area contributed by atoms with Crippen LogP contribution in [-0.4, -0.2) is 52.6 Å². The summed E-state index contributed by atoms with van der Waals surface area (Å²) in [5.74, 6) is -0.862. The van der Waals surface area contributed by atoms with Crippen molar-refractivity contribution >= 4 is 12.0 Å². The second-order valence-corrected chi connectivity index (χ2v) is 5.42. The fraction of sp³-hybridized carbons (Fsp3) is 0.857. The first-order chi connectivity index (χ1) is 8.97. The van der Waals surface area contributed by atoms with E-state index in [2.05, 4.69) is 0 Å². The number of hydrogen-bond acceptors (Lipinski definition) is 2. The van der Waals surface area contributed by atoms with Crippen molar-refractivity contribution in [1.29, 1.82) is 0 Å². The molecule has 110 valence electrons. The zero-order chi connectivity index (χ0) is 14.4. The normalized spacial score (nSPS) is 17.8. The van der Waals surface area contributed by atoms with Crippen LogP contribution in [0, 0.1) is 0 Å². The van der Waals surface area contributed by atoms with Crippen molar-refractivity contribution in [2.45, 2.75) is 64.5 Å². The molecule has 0 aromatic carbocycles. The second kappa shape index (κ2) is 7.36. The Morgan fingerprint density at radius 1 is 1.26 bits per heavy atom. The maximum absolute atomic E-state index is 12.5. The molecule has 0 saturated heterocycles. The number of hydrogen-bond donors (Lipinski definition) is 1. The summed E-state index contributed by atoms with van der Waals surface area (Å²) in [5, 5.41) is 8.85. The summed E-state index contributed by atoms with van der Waals surface area (Å²) in [4.78, 5) is 26.7. The van der Waals surface area contributed by atoms with E-state index in [0.29, 0.717) is 12.6 Å². The molecule has 0 radical (unpaired) electrons. The average molecular weight is 270 g/mol. The molecule has 0 aromatic heterocycles. The summed E-state index contributed by atoms with van der Waals surface area (Å²) in [5.41, 5.74) is 0. The van der Waals surface area contributed by atoms with E-state index in [1.165, 1.54) is 19.3 Å². The minimum Gasteiger partial charge on any atom is -0.481 e. The Morgan fingerprint density at radius 3 is 2.32 bits per heavy atom. The number of carboxylic acids is 1. The lowest BCUT2D eigenvalue weighted by molar-refractivity contribution is -0.138. The van der Waals surface area contributed by atoms with E-state index in [9.17, 15) is 9.59 Å². The zero-order valence-electron chi connectivity index (χ0n) is 12.3. The third kappa shape index (κ3) is 4.40. The lowest BCUT2D eigenvalue weighted by Crippen LogP contribution is -2.50. The van der Waals surface area contributed by atoms with Crippen LogP contribution >= 0.6 is 0 Å². The first-order valence-corrected chi connectivity index (χ1v) is 7.22. The Hall–Kier alpha value is -1.26. The Balaban J connectivity index is 2.63. The first kappa shape index (κ1) is 15.8. The van der Waals surface area contributed by atoms with Crippen molar-refractivity contribution in [1.82, 2.24) is 9.80 Å². The van der Waals surface area contributed by atoms with Gasteiger partial charge in [0.2, 0.25) is 0 Å². The predicted octanol–water partition coefficient (Wildman–Crippen LogP) is 2.56. The molecule has 0 spiro atoms. The Kier molecular flexibility index (Phi) is 6.12. The summed E-state index contributed by atoms with van der Waals surface area (Å²) in [6.07, 6.45) is 5.74. The van der Waals surface area contributed by atoms with Gasteiger partial charge in [-0.25, -0.2) is 4.79 Å². The number of rotatable bonds is 5. The number of amides is 2. The highest BCUT2D eigenvalue weighted by Crippen LogP contribution is 2.23. The maximum atomic E-state index is 12.5. The number of nitrogens with zero attached hydrogens (tertiary/aromatic N) is 2. The minimum absolute atomic E-state index is 0.00190. The van der Waals surface area contributed by atoms with Gasteiger partial charge in [0.05, 0.1) is 6.42 Å². The van der Waals surface area contributed by atoms with Crippen molar-refractivity contribution in [3.63, 3.8) is 0 Å². The van der Waals surface area contributed by atoms with E-state index in [1.54, 1.807) is 16.7 Å². The molecular formula is C14H26N2O3. The standard InChI is InChI=1S/C14H26N2O3/c1-4-16(11(2)10-13(17)18)14(19)15(3)12-8-6-5-7-9-12/h11-12H,4-10H2,1-3H3,(H,17,18). The molecule has 0 aliphatic heterocycles. The lowest BCUT2D eigenvalue weighted by Gasteiger charge is -2.37. The van der Waals surface area contributed by atoms with E-state index >= 15 is 0 Å². The SMILES string of the molecule is CCN(C(=O)N(C)C1CCCCC1)C(C)CC(=O)O. The van der Waals surface area contributed by atoms with Crippen LogP contribution in [0.5, 0.6) is 0 Å². The van der Waals surface area contributed by atoms with Crippen LogP contribution in [0.3, 0.4) is 0 Å². The summed E-state index contributed by atoms with van der Waals surface area (Å²) in [7, 11) is 1.84. The van der Waals surface area contributed by atoms with E-state index < -0.39 is 5.97 Å². The summed E-state index contributed by atoms with van der Waals surface area (Å²) in [6.45, 7) is 4.24. The molecule has 19 heavy (non-hydrogen) atoms. The van der Waals surface area contributed by atoms with Gasteiger partial charge in [0.1, 0.15) is 0 Å². The first-order valence-electron chi connectivity index (χ1n) is 7.22. The molecule has 0 heterocycles. The molecule has 1 fully saturated rings. The topological polar surface area (TPSA) is 60.9 Å². The molecule has 5 nitrogen and oxygen atoms in total. The van der Waals surface area contributed by atoms with Crippen LogP contribution in [-0.2, 0) is 4.79 Å². The predicted molar refractivity (Wildman–Crippen MR) is 74.1 cm³/mol. The number of carbonyl (C=O) groups excluding carboxylic acids is 1. The van der Waals surface area contributed by atoms with Crippen LogP contribution in [0.15, 0.2) is 0 Å². The maximum Gasteiger partial charge on any atom is 0.320 e. The van der Waals surface area contributed by atoms with Gasteiger partial charge in [-0.1, -0.05) is 19.3 Å². The van der Waals surface area contributed by atoms with Gasteiger partial charge in [-0.05, 0) is 26.7 Å². The molecule has 1 rings (SSSR count). The van der Waals surface area contributed by atoms with Gasteiger partial charge in [-0.15, -0.1) is 0 Å². The van der Waals surface area contributed by atoms with Crippen LogP contribution in [0.4, 0.5) is 4.79 Å². The highest BCUT2D eigenvalue weighted by molar-refractivity contribution is 5.76. The smallest absolute Gasteiger partial charge is 0.320 e. The van der Waals surface area contributed by atoms with E-state index in [0.717, 1.165) is 12.8 Å². The van der Waals surface area contributed by atoms with Crippen LogP contribution in [0.25, 0.3) is 0 Å². The third-order valence-corrected chi connectivity index (χ3v) is 4.01. The average Bonchev–Trinajstić information content (AvgIpc) is 2.38. The van der Waals surface area contributed by atoms with Gasteiger partial charge in [0.25, 0.3) is 0 Å². The molecule has 1 aliphatic carbocycles. The van der Waals surface area contributed by atoms with Crippen molar-refractivity contribution in [3.8, 4) is 0 Å². The second-order valence-electron chi connectivity index (χ2n) is 5.42. The highest BCUT2D eigenvalue weighted by atomic mass is 16.4. The quantitative estimate of drug-likeness (QED) is 0.835. The summed E-state index contributed by atoms with van der Waals surface area (Å²) in [6, 6.07) is 0.0107. The van der Waals surface area contributed by atoms with Gasteiger partial charge in [-0.3, -0.25) is 4.79 Å². The zero-order valence-corrected chi connectivity index (χ0v) is 12.3. The molecule has 0 aromatic rings. The van der Waals surface area contributed by atoms with E-state index in [4.69, 9.17) is 5.11 Å². The Labute approximate surface area is 115 Å². The number of aliphatic carboxylic acids is 1. The van der Waals surface area contributed by atoms with Crippen molar-refractivity contribution in [2.24, 2.45) is 0 Å². The van der Waals surface area contributed by atoms with Gasteiger partial charge >= 0.3 is 12.0 Å². The molecule has 2 amide bonds. The Morgan fingerprint density at radius 2 is 1.84 bits per heavy atom. The molecule has 0 bridgehead atoms. The van der Waals surface area contributed by atoms with Gasteiger partial charge in [0.15, 0.2) is 0 Å². The van der Waals surface area contributed by atoms with E-state index in [-0.39, 0.29) is 18.5 Å². The number of carbonyl (C=O) groups is 2. The van der Waals surface area contributed by atoms with Crippen LogP contribution < -0.4 is 0 Å². The lowest BCUT2D eigenvalue weighted by atomic mass is 9.94. The largest absolute Gasteiger partial charge is 0.481 e. The number of urea groups is 1. The fourth-order valence-corrected chi connectivity index (χ4v) is 2.83. The van der Waals surface area contributed by atoms with Gasteiger partial charge in [-0.2, -0.15) is 0 Å². The number of carboxylic acid groups (broad SMARTS) is 1. The summed E-state index contributed by atoms with van der Waals surface area (Å²) >= 11 is 0.